The van der Waals surface area contributed by atoms with Gasteiger partial charge in [0.2, 0.25) is 5.43 Å². The van der Waals surface area contributed by atoms with Crippen LogP contribution in [0.15, 0.2) is 29.2 Å². The lowest BCUT2D eigenvalue weighted by Crippen LogP contribution is -2.23. The van der Waals surface area contributed by atoms with Crippen LogP contribution in [0.25, 0.3) is 10.9 Å². The van der Waals surface area contributed by atoms with Crippen molar-refractivity contribution in [2.75, 3.05) is 20.6 Å². The number of carboxylic acids is 1. The Morgan fingerprint density at radius 2 is 2.10 bits per heavy atom. The predicted octanol–water partition coefficient (Wildman–Crippen LogP) is 1.91. The molecule has 2 aromatic rings. The fraction of sp³-hybridized carbons (Fsp3) is 0.286. The number of aromatic nitrogens is 1. The number of hydrogen-bond acceptors (Lipinski definition) is 3. The molecule has 0 saturated carbocycles. The lowest BCUT2D eigenvalue weighted by atomic mass is 10.1. The molecule has 106 valence electrons. The Labute approximate surface area is 121 Å². The molecule has 6 heteroatoms. The summed E-state index contributed by atoms with van der Waals surface area (Å²) in [7, 11) is 3.86. The van der Waals surface area contributed by atoms with Crippen molar-refractivity contribution in [2.24, 2.45) is 0 Å². The smallest absolute Gasteiger partial charge is 0.341 e. The molecule has 1 aromatic carbocycles. The summed E-state index contributed by atoms with van der Waals surface area (Å²) >= 11 is 5.90. The van der Waals surface area contributed by atoms with E-state index >= 15 is 0 Å². The van der Waals surface area contributed by atoms with E-state index in [0.717, 1.165) is 6.54 Å². The molecule has 0 aliphatic heterocycles. The fourth-order valence-corrected chi connectivity index (χ4v) is 2.19. The summed E-state index contributed by atoms with van der Waals surface area (Å²) in [6.45, 7) is 1.32. The van der Waals surface area contributed by atoms with E-state index in [1.165, 1.54) is 12.3 Å². The molecule has 0 radical (unpaired) electrons. The minimum absolute atomic E-state index is 0.237. The van der Waals surface area contributed by atoms with Crippen molar-refractivity contribution in [1.82, 2.24) is 9.47 Å². The molecule has 0 atom stereocenters. The Kier molecular flexibility index (Phi) is 4.11. The van der Waals surface area contributed by atoms with Crippen molar-refractivity contribution in [3.63, 3.8) is 0 Å². The number of rotatable bonds is 4. The summed E-state index contributed by atoms with van der Waals surface area (Å²) in [6, 6.07) is 4.94. The summed E-state index contributed by atoms with van der Waals surface area (Å²) in [5.41, 5.74) is -0.0547. The third kappa shape index (κ3) is 2.84. The third-order valence-electron chi connectivity index (χ3n) is 3.06. The standard InChI is InChI=1S/C14H15ClN2O3/c1-16(2)5-6-17-8-11(14(19)20)13(18)10-7-9(15)3-4-12(10)17/h3-4,7-8H,5-6H2,1-2H3,(H,19,20). The van der Waals surface area contributed by atoms with Gasteiger partial charge < -0.3 is 14.6 Å². The van der Waals surface area contributed by atoms with Crippen LogP contribution in [-0.4, -0.2) is 41.2 Å². The van der Waals surface area contributed by atoms with Gasteiger partial charge in [-0.25, -0.2) is 4.79 Å². The molecule has 5 nitrogen and oxygen atoms in total. The second kappa shape index (κ2) is 5.64. The van der Waals surface area contributed by atoms with E-state index < -0.39 is 11.4 Å². The van der Waals surface area contributed by atoms with Gasteiger partial charge in [-0.15, -0.1) is 0 Å². The largest absolute Gasteiger partial charge is 0.477 e. The Morgan fingerprint density at radius 1 is 1.40 bits per heavy atom. The first-order valence-electron chi connectivity index (χ1n) is 6.11. The number of benzene rings is 1. The van der Waals surface area contributed by atoms with Crippen molar-refractivity contribution < 1.29 is 9.90 Å². The number of carbonyl (C=O) groups is 1. The highest BCUT2D eigenvalue weighted by atomic mass is 35.5. The first-order valence-corrected chi connectivity index (χ1v) is 6.48. The van der Waals surface area contributed by atoms with Gasteiger partial charge in [0.25, 0.3) is 0 Å². The molecular formula is C14H15ClN2O3. The maximum atomic E-state index is 12.1. The minimum atomic E-state index is -1.23. The molecule has 0 aliphatic carbocycles. The van der Waals surface area contributed by atoms with Gasteiger partial charge in [0.15, 0.2) is 0 Å². The first kappa shape index (κ1) is 14.6. The monoisotopic (exact) mass is 294 g/mol. The van der Waals surface area contributed by atoms with Crippen molar-refractivity contribution in [3.05, 3.63) is 45.2 Å². The van der Waals surface area contributed by atoms with E-state index in [1.807, 2.05) is 19.0 Å². The molecule has 0 saturated heterocycles. The fourth-order valence-electron chi connectivity index (χ4n) is 2.01. The van der Waals surface area contributed by atoms with Crippen molar-refractivity contribution in [3.8, 4) is 0 Å². The number of fused-ring (bicyclic) bond motifs is 1. The van der Waals surface area contributed by atoms with E-state index in [9.17, 15) is 9.59 Å². The van der Waals surface area contributed by atoms with Crippen LogP contribution in [0.5, 0.6) is 0 Å². The van der Waals surface area contributed by atoms with Gasteiger partial charge in [-0.1, -0.05) is 11.6 Å². The topological polar surface area (TPSA) is 62.5 Å². The number of halogens is 1. The van der Waals surface area contributed by atoms with Crippen LogP contribution in [-0.2, 0) is 6.54 Å². The van der Waals surface area contributed by atoms with Crippen LogP contribution in [0.2, 0.25) is 5.02 Å². The maximum Gasteiger partial charge on any atom is 0.341 e. The number of carboxylic acid groups (broad SMARTS) is 1. The maximum absolute atomic E-state index is 12.1. The highest BCUT2D eigenvalue weighted by molar-refractivity contribution is 6.31. The van der Waals surface area contributed by atoms with Crippen LogP contribution >= 0.6 is 11.6 Å². The second-order valence-electron chi connectivity index (χ2n) is 4.84. The molecule has 2 rings (SSSR count). The lowest BCUT2D eigenvalue weighted by Gasteiger charge is -2.15. The van der Waals surface area contributed by atoms with Crippen molar-refractivity contribution in [1.29, 1.82) is 0 Å². The summed E-state index contributed by atoms with van der Waals surface area (Å²) in [5.74, 6) is -1.23. The second-order valence-corrected chi connectivity index (χ2v) is 5.27. The molecular weight excluding hydrogens is 280 g/mol. The highest BCUT2D eigenvalue weighted by Crippen LogP contribution is 2.17. The molecule has 0 amide bonds. The number of pyridine rings is 1. The zero-order valence-corrected chi connectivity index (χ0v) is 12.0. The number of hydrogen-bond donors (Lipinski definition) is 1. The average Bonchev–Trinajstić information content (AvgIpc) is 2.37. The van der Waals surface area contributed by atoms with E-state index in [1.54, 1.807) is 16.7 Å². The van der Waals surface area contributed by atoms with Crippen LogP contribution < -0.4 is 5.43 Å². The Balaban J connectivity index is 2.69. The van der Waals surface area contributed by atoms with Crippen molar-refractivity contribution >= 4 is 28.5 Å². The van der Waals surface area contributed by atoms with Gasteiger partial charge in [0, 0.05) is 29.7 Å². The number of aromatic carboxylic acids is 1. The van der Waals surface area contributed by atoms with Crippen molar-refractivity contribution in [2.45, 2.75) is 6.54 Å². The van der Waals surface area contributed by atoms with Gasteiger partial charge in [0.05, 0.1) is 5.52 Å². The SMILES string of the molecule is CN(C)CCn1cc(C(=O)O)c(=O)c2cc(Cl)ccc21. The molecule has 1 N–H and O–H groups in total. The van der Waals surface area contributed by atoms with Gasteiger partial charge in [0.1, 0.15) is 5.56 Å². The Hall–Kier alpha value is -1.85. The molecule has 1 aromatic heterocycles. The summed E-state index contributed by atoms with van der Waals surface area (Å²) in [5, 5.41) is 9.88. The van der Waals surface area contributed by atoms with Crippen LogP contribution in [0.4, 0.5) is 0 Å². The summed E-state index contributed by atoms with van der Waals surface area (Å²) in [4.78, 5) is 25.3. The highest BCUT2D eigenvalue weighted by Gasteiger charge is 2.14. The summed E-state index contributed by atoms with van der Waals surface area (Å²) in [6.07, 6.45) is 1.39. The molecule has 0 bridgehead atoms. The predicted molar refractivity (Wildman–Crippen MR) is 78.7 cm³/mol. The molecule has 0 unspecified atom stereocenters. The third-order valence-corrected chi connectivity index (χ3v) is 3.30. The molecule has 1 heterocycles. The quantitative estimate of drug-likeness (QED) is 0.936. The zero-order valence-electron chi connectivity index (χ0n) is 11.3. The molecule has 0 spiro atoms. The zero-order chi connectivity index (χ0) is 14.9. The lowest BCUT2D eigenvalue weighted by molar-refractivity contribution is 0.0695. The summed E-state index contributed by atoms with van der Waals surface area (Å²) < 4.78 is 1.77. The molecule has 0 fully saturated rings. The van der Waals surface area contributed by atoms with E-state index in [2.05, 4.69) is 0 Å². The average molecular weight is 295 g/mol. The van der Waals surface area contributed by atoms with Crippen LogP contribution in [0, 0.1) is 0 Å². The van der Waals surface area contributed by atoms with E-state index in [-0.39, 0.29) is 5.56 Å². The number of likely N-dealkylation sites (N-methyl/N-ethyl adjacent to an activating group) is 1. The van der Waals surface area contributed by atoms with Crippen LogP contribution in [0.1, 0.15) is 10.4 Å². The molecule has 0 aliphatic rings. The molecule has 20 heavy (non-hydrogen) atoms. The van der Waals surface area contributed by atoms with E-state index in [0.29, 0.717) is 22.5 Å². The van der Waals surface area contributed by atoms with Gasteiger partial charge in [-0.3, -0.25) is 4.79 Å². The van der Waals surface area contributed by atoms with Crippen LogP contribution in [0.3, 0.4) is 0 Å². The number of nitrogens with zero attached hydrogens (tertiary/aromatic N) is 2. The normalized spacial score (nSPS) is 11.2. The Bertz CT molecular complexity index is 722. The van der Waals surface area contributed by atoms with Gasteiger partial charge in [-0.05, 0) is 32.3 Å². The Morgan fingerprint density at radius 3 is 2.70 bits per heavy atom. The minimum Gasteiger partial charge on any atom is -0.477 e. The first-order chi connectivity index (χ1) is 9.40. The van der Waals surface area contributed by atoms with E-state index in [4.69, 9.17) is 16.7 Å². The van der Waals surface area contributed by atoms with Gasteiger partial charge >= 0.3 is 5.97 Å². The van der Waals surface area contributed by atoms with Gasteiger partial charge in [-0.2, -0.15) is 0 Å².